The second-order valence-corrected chi connectivity index (χ2v) is 6.41. The van der Waals surface area contributed by atoms with Crippen LogP contribution in [0.2, 0.25) is 6.32 Å². The average molecular weight is 412 g/mol. The number of aryl methyl sites for hydroxylation is 1. The number of likely N-dealkylation sites (tertiary alicyclic amines) is 1. The molecule has 13 heteroatoms. The van der Waals surface area contributed by atoms with Crippen molar-refractivity contribution in [1.82, 2.24) is 10.4 Å². The molecular weight excluding hydrogens is 391 g/mol. The van der Waals surface area contributed by atoms with Gasteiger partial charge in [0, 0.05) is 13.1 Å². The number of aromatic hydroxyl groups is 1. The maximum Gasteiger partial charge on any atom is 0.451 e. The van der Waals surface area contributed by atoms with Crippen molar-refractivity contribution in [2.45, 2.75) is 18.8 Å². The summed E-state index contributed by atoms with van der Waals surface area (Å²) in [5, 5.41) is 45.8. The van der Waals surface area contributed by atoms with Crippen LogP contribution >= 0.6 is 0 Å². The van der Waals surface area contributed by atoms with Gasteiger partial charge < -0.3 is 30.1 Å². The number of nitrogens with one attached hydrogen (secondary N) is 1. The largest absolute Gasteiger partial charge is 0.507 e. The minimum atomic E-state index is -1.58. The van der Waals surface area contributed by atoms with Gasteiger partial charge in [-0.05, 0) is 24.4 Å². The third-order valence-corrected chi connectivity index (χ3v) is 4.08. The molecule has 1 amide bonds. The summed E-state index contributed by atoms with van der Waals surface area (Å²) in [7, 11) is -1.58. The molecule has 2 rings (SSSR count). The molecule has 1 saturated heterocycles. The lowest BCUT2D eigenvalue weighted by Crippen LogP contribution is -2.56. The molecule has 1 fully saturated rings. The lowest BCUT2D eigenvalue weighted by atomic mass is 9.82. The molecule has 1 aliphatic rings. The number of carbonyl (C=O) groups is 3. The van der Waals surface area contributed by atoms with Gasteiger partial charge in [0.25, 0.3) is 5.91 Å². The van der Waals surface area contributed by atoms with Crippen LogP contribution in [0.25, 0.3) is 0 Å². The zero-order valence-electron chi connectivity index (χ0n) is 15.3. The van der Waals surface area contributed by atoms with Gasteiger partial charge in [-0.15, -0.1) is 0 Å². The topological polar surface area (TPSA) is 186 Å². The molecule has 12 nitrogen and oxygen atoms in total. The van der Waals surface area contributed by atoms with Crippen LogP contribution < -0.4 is 10.2 Å². The first kappa shape index (κ1) is 22.4. The lowest BCUT2D eigenvalue weighted by molar-refractivity contribution is -0.150. The normalized spacial score (nSPS) is 14.1. The molecule has 6 N–H and O–H groups in total. The van der Waals surface area contributed by atoms with Crippen molar-refractivity contribution in [3.05, 3.63) is 23.3 Å². The van der Waals surface area contributed by atoms with Crippen molar-refractivity contribution in [2.75, 3.05) is 26.2 Å². The van der Waals surface area contributed by atoms with Crippen LogP contribution in [0.1, 0.15) is 15.9 Å². The average Bonchev–Trinajstić information content (AvgIpc) is 2.58. The number of aromatic carboxylic acids is 1. The van der Waals surface area contributed by atoms with E-state index < -0.39 is 49.0 Å². The van der Waals surface area contributed by atoms with Gasteiger partial charge in [-0.2, -0.15) is 0 Å². The van der Waals surface area contributed by atoms with Gasteiger partial charge in [-0.25, -0.2) is 15.1 Å². The Morgan fingerprint density at radius 1 is 1.21 bits per heavy atom. The molecule has 0 spiro atoms. The molecule has 0 radical (unpaired) electrons. The number of hydroxylamine groups is 1. The quantitative estimate of drug-likeness (QED) is 0.180. The van der Waals surface area contributed by atoms with Gasteiger partial charge in [0.1, 0.15) is 23.2 Å². The van der Waals surface area contributed by atoms with E-state index in [1.54, 1.807) is 4.90 Å². The molecule has 1 aromatic carbocycles. The Morgan fingerprint density at radius 3 is 2.48 bits per heavy atom. The van der Waals surface area contributed by atoms with Gasteiger partial charge in [-0.1, -0.05) is 6.07 Å². The SMILES string of the molecule is O=C(O)CONC(=O)CN1CC(Oc2ccc(CCB(O)O)c(O)c2C(=O)O)C1. The van der Waals surface area contributed by atoms with E-state index in [1.165, 1.54) is 12.1 Å². The molecule has 29 heavy (non-hydrogen) atoms. The van der Waals surface area contributed by atoms with Crippen molar-refractivity contribution >= 4 is 25.0 Å². The first-order valence-electron chi connectivity index (χ1n) is 8.63. The number of carboxylic acids is 2. The number of hydrogen-bond acceptors (Lipinski definition) is 9. The Morgan fingerprint density at radius 2 is 1.90 bits per heavy atom. The molecule has 1 aromatic rings. The van der Waals surface area contributed by atoms with Gasteiger partial charge in [0.15, 0.2) is 6.61 Å². The van der Waals surface area contributed by atoms with E-state index in [-0.39, 0.29) is 30.6 Å². The van der Waals surface area contributed by atoms with Crippen LogP contribution in [-0.4, -0.2) is 87.6 Å². The zero-order valence-corrected chi connectivity index (χ0v) is 15.3. The van der Waals surface area contributed by atoms with Crippen molar-refractivity contribution in [3.63, 3.8) is 0 Å². The second kappa shape index (κ2) is 10.1. The van der Waals surface area contributed by atoms with E-state index in [9.17, 15) is 24.6 Å². The fourth-order valence-electron chi connectivity index (χ4n) is 2.73. The first-order valence-corrected chi connectivity index (χ1v) is 8.63. The number of aliphatic carboxylic acids is 1. The molecule has 0 bridgehead atoms. The Bertz CT molecular complexity index is 766. The van der Waals surface area contributed by atoms with E-state index in [0.29, 0.717) is 13.1 Å². The smallest absolute Gasteiger partial charge is 0.451 e. The minimum Gasteiger partial charge on any atom is -0.507 e. The molecule has 0 atom stereocenters. The molecule has 1 aliphatic heterocycles. The summed E-state index contributed by atoms with van der Waals surface area (Å²) in [5.74, 6) is -3.69. The van der Waals surface area contributed by atoms with Crippen LogP contribution in [0, 0.1) is 0 Å². The monoisotopic (exact) mass is 412 g/mol. The van der Waals surface area contributed by atoms with Crippen LogP contribution in [0.3, 0.4) is 0 Å². The second-order valence-electron chi connectivity index (χ2n) is 6.41. The molecule has 0 unspecified atom stereocenters. The van der Waals surface area contributed by atoms with Crippen molar-refractivity contribution in [2.24, 2.45) is 0 Å². The number of ether oxygens (including phenoxy) is 1. The van der Waals surface area contributed by atoms with Gasteiger partial charge >= 0.3 is 19.1 Å². The number of nitrogens with zero attached hydrogens (tertiary/aromatic N) is 1. The summed E-state index contributed by atoms with van der Waals surface area (Å²) in [6.07, 6.45) is -0.409. The van der Waals surface area contributed by atoms with Gasteiger partial charge in [-0.3, -0.25) is 14.5 Å². The molecule has 0 aromatic heterocycles. The van der Waals surface area contributed by atoms with E-state index in [0.717, 1.165) is 0 Å². The highest BCUT2D eigenvalue weighted by Crippen LogP contribution is 2.33. The standard InChI is InChI=1S/C16H21BN2O10/c20-12(18-28-8-13(21)22)7-19-5-10(6-19)29-11-2-1-9(3-4-17(26)27)15(23)14(11)16(24)25/h1-2,10,23,26-27H,3-8H2,(H,18,20)(H,21,22)(H,24,25). The van der Waals surface area contributed by atoms with Crippen LogP contribution in [0.5, 0.6) is 11.5 Å². The zero-order chi connectivity index (χ0) is 21.6. The Balaban J connectivity index is 1.89. The predicted molar refractivity (Wildman–Crippen MR) is 96.4 cm³/mol. The van der Waals surface area contributed by atoms with Crippen molar-refractivity contribution in [1.29, 1.82) is 0 Å². The van der Waals surface area contributed by atoms with E-state index in [4.69, 9.17) is 19.9 Å². The molecule has 158 valence electrons. The summed E-state index contributed by atoms with van der Waals surface area (Å²) in [6.45, 7) is -0.0968. The third kappa shape index (κ3) is 6.60. The fourth-order valence-corrected chi connectivity index (χ4v) is 2.73. The number of carboxylic acid groups (broad SMARTS) is 2. The summed E-state index contributed by atoms with van der Waals surface area (Å²) < 4.78 is 5.61. The molecule has 1 heterocycles. The molecule has 0 saturated carbocycles. The highest BCUT2D eigenvalue weighted by molar-refractivity contribution is 6.41. The Kier molecular flexibility index (Phi) is 7.78. The maximum atomic E-state index is 11.6. The maximum absolute atomic E-state index is 11.6. The number of phenols is 1. The van der Waals surface area contributed by atoms with Crippen LogP contribution in [0.15, 0.2) is 12.1 Å². The highest BCUT2D eigenvalue weighted by atomic mass is 16.7. The van der Waals surface area contributed by atoms with Crippen molar-refractivity contribution in [3.8, 4) is 11.5 Å². The van der Waals surface area contributed by atoms with Crippen LogP contribution in [-0.2, 0) is 20.8 Å². The number of rotatable bonds is 11. The van der Waals surface area contributed by atoms with Crippen molar-refractivity contribution < 1.29 is 49.3 Å². The van der Waals surface area contributed by atoms with Gasteiger partial charge in [0.05, 0.1) is 6.54 Å². The third-order valence-electron chi connectivity index (χ3n) is 4.08. The first-order chi connectivity index (χ1) is 13.7. The van der Waals surface area contributed by atoms with E-state index in [2.05, 4.69) is 4.84 Å². The number of benzene rings is 1. The summed E-state index contributed by atoms with van der Waals surface area (Å²) in [6, 6.07) is 2.83. The molecule has 0 aliphatic carbocycles. The number of hydrogen-bond donors (Lipinski definition) is 6. The van der Waals surface area contributed by atoms with Gasteiger partial charge in [0.2, 0.25) is 0 Å². The lowest BCUT2D eigenvalue weighted by Gasteiger charge is -2.38. The summed E-state index contributed by atoms with van der Waals surface area (Å²) >= 11 is 0. The predicted octanol–water partition coefficient (Wildman–Crippen LogP) is -1.70. The Labute approximate surface area is 165 Å². The van der Waals surface area contributed by atoms with E-state index in [1.807, 2.05) is 5.48 Å². The Hall–Kier alpha value is -2.87. The molecular formula is C16H21BN2O10. The number of carbonyl (C=O) groups excluding carboxylic acids is 1. The summed E-state index contributed by atoms with van der Waals surface area (Å²) in [5.41, 5.74) is 1.81. The number of amides is 1. The van der Waals surface area contributed by atoms with E-state index >= 15 is 0 Å². The van der Waals surface area contributed by atoms with Crippen LogP contribution in [0.4, 0.5) is 0 Å². The minimum absolute atomic E-state index is 0.0396. The summed E-state index contributed by atoms with van der Waals surface area (Å²) in [4.78, 5) is 39.5. The fraction of sp³-hybridized carbons (Fsp3) is 0.438. The highest BCUT2D eigenvalue weighted by Gasteiger charge is 2.32.